The van der Waals surface area contributed by atoms with Gasteiger partial charge in [0.2, 0.25) is 5.91 Å². The summed E-state index contributed by atoms with van der Waals surface area (Å²) in [5, 5.41) is 12.0. The van der Waals surface area contributed by atoms with Gasteiger partial charge in [-0.3, -0.25) is 4.79 Å². The fraction of sp³-hybridized carbons (Fsp3) is 0.500. The molecule has 5 heteroatoms. The number of hydrogen-bond donors (Lipinski definition) is 1. The molecule has 0 radical (unpaired) electrons. The van der Waals surface area contributed by atoms with Gasteiger partial charge in [0.15, 0.2) is 0 Å². The Morgan fingerprint density at radius 3 is 3.16 bits per heavy atom. The van der Waals surface area contributed by atoms with Crippen LogP contribution >= 0.6 is 0 Å². The van der Waals surface area contributed by atoms with Crippen LogP contribution in [0.3, 0.4) is 0 Å². The van der Waals surface area contributed by atoms with Crippen LogP contribution in [0.5, 0.6) is 0 Å². The van der Waals surface area contributed by atoms with E-state index in [2.05, 4.69) is 21.3 Å². The predicted octanol–water partition coefficient (Wildman–Crippen LogP) is 0.976. The molecular weight excluding hydrogens is 240 g/mol. The second-order valence-corrected chi connectivity index (χ2v) is 5.22. The van der Waals surface area contributed by atoms with Gasteiger partial charge >= 0.3 is 0 Å². The summed E-state index contributed by atoms with van der Waals surface area (Å²) >= 11 is 0. The molecule has 2 saturated heterocycles. The summed E-state index contributed by atoms with van der Waals surface area (Å²) in [6.07, 6.45) is 1.94. The summed E-state index contributed by atoms with van der Waals surface area (Å²) in [6, 6.07) is 5.95. The highest BCUT2D eigenvalue weighted by Gasteiger charge is 2.41. The maximum Gasteiger partial charge on any atom is 0.225 e. The minimum atomic E-state index is 0.0709. The van der Waals surface area contributed by atoms with Gasteiger partial charge in [-0.2, -0.15) is 5.26 Å². The lowest BCUT2D eigenvalue weighted by Gasteiger charge is -2.37. The lowest BCUT2D eigenvalue weighted by atomic mass is 9.91. The first-order valence-electron chi connectivity index (χ1n) is 6.62. The number of amides is 1. The van der Waals surface area contributed by atoms with Crippen LogP contribution in [0.25, 0.3) is 0 Å². The first kappa shape index (κ1) is 12.0. The zero-order valence-electron chi connectivity index (χ0n) is 10.9. The molecule has 2 fully saturated rings. The number of aryl methyl sites for hydroxylation is 1. The first-order valence-corrected chi connectivity index (χ1v) is 6.62. The van der Waals surface area contributed by atoms with Crippen LogP contribution in [0, 0.1) is 24.2 Å². The Kier molecular flexibility index (Phi) is 2.86. The van der Waals surface area contributed by atoms with E-state index in [9.17, 15) is 4.79 Å². The van der Waals surface area contributed by atoms with Gasteiger partial charge in [0.1, 0.15) is 5.82 Å². The van der Waals surface area contributed by atoms with E-state index in [0.717, 1.165) is 30.9 Å². The summed E-state index contributed by atoms with van der Waals surface area (Å²) in [5.41, 5.74) is 1.47. The Morgan fingerprint density at radius 2 is 2.37 bits per heavy atom. The molecule has 2 aliphatic heterocycles. The van der Waals surface area contributed by atoms with Gasteiger partial charge in [0.25, 0.3) is 0 Å². The second kappa shape index (κ2) is 4.54. The molecule has 0 spiro atoms. The van der Waals surface area contributed by atoms with Gasteiger partial charge < -0.3 is 10.2 Å². The molecular formula is C14H16N4O. The van der Waals surface area contributed by atoms with Gasteiger partial charge in [0, 0.05) is 18.8 Å². The van der Waals surface area contributed by atoms with Crippen LogP contribution in [0.2, 0.25) is 0 Å². The Bertz CT molecular complexity index is 563. The van der Waals surface area contributed by atoms with Crippen molar-refractivity contribution in [3.05, 3.63) is 23.4 Å². The maximum atomic E-state index is 11.8. The average molecular weight is 256 g/mol. The number of nitrogens with one attached hydrogen (secondary N) is 1. The molecule has 1 aromatic heterocycles. The number of nitriles is 1. The number of fused-ring (bicyclic) bond motifs is 1. The highest BCUT2D eigenvalue weighted by Crippen LogP contribution is 2.31. The third kappa shape index (κ3) is 2.03. The van der Waals surface area contributed by atoms with Crippen molar-refractivity contribution in [2.45, 2.75) is 25.8 Å². The Hall–Kier alpha value is -2.09. The minimum Gasteiger partial charge on any atom is -0.354 e. The van der Waals surface area contributed by atoms with Crippen LogP contribution in [0.1, 0.15) is 24.1 Å². The quantitative estimate of drug-likeness (QED) is 0.813. The topological polar surface area (TPSA) is 69.0 Å². The fourth-order valence-corrected chi connectivity index (χ4v) is 3.10. The van der Waals surface area contributed by atoms with Crippen LogP contribution in [0.4, 0.5) is 5.82 Å². The van der Waals surface area contributed by atoms with E-state index >= 15 is 0 Å². The molecule has 3 rings (SSSR count). The fourth-order valence-electron chi connectivity index (χ4n) is 3.10. The standard InChI is InChI=1S/C14H16N4O/c1-9-5-10(7-15)6-13(17-9)18-4-2-3-11-12(18)8-16-14(11)19/h5-6,11-12H,2-4,8H2,1H3,(H,16,19). The van der Waals surface area contributed by atoms with Crippen molar-refractivity contribution >= 4 is 11.7 Å². The van der Waals surface area contributed by atoms with Crippen molar-refractivity contribution in [1.82, 2.24) is 10.3 Å². The molecule has 1 aromatic rings. The first-order chi connectivity index (χ1) is 9.19. The number of aromatic nitrogens is 1. The number of nitrogens with zero attached hydrogens (tertiary/aromatic N) is 3. The van der Waals surface area contributed by atoms with Gasteiger partial charge in [-0.05, 0) is 31.9 Å². The molecule has 2 atom stereocenters. The second-order valence-electron chi connectivity index (χ2n) is 5.22. The maximum absolute atomic E-state index is 11.8. The van der Waals surface area contributed by atoms with E-state index in [1.165, 1.54) is 0 Å². The van der Waals surface area contributed by atoms with E-state index in [1.807, 2.05) is 13.0 Å². The number of hydrogen-bond acceptors (Lipinski definition) is 4. The average Bonchev–Trinajstić information content (AvgIpc) is 2.80. The smallest absolute Gasteiger partial charge is 0.225 e. The predicted molar refractivity (Wildman–Crippen MR) is 70.6 cm³/mol. The lowest BCUT2D eigenvalue weighted by Crippen LogP contribution is -2.46. The van der Waals surface area contributed by atoms with Crippen LogP contribution in [-0.2, 0) is 4.79 Å². The van der Waals surface area contributed by atoms with Gasteiger partial charge in [0.05, 0.1) is 23.6 Å². The minimum absolute atomic E-state index is 0.0709. The molecule has 19 heavy (non-hydrogen) atoms. The van der Waals surface area contributed by atoms with E-state index in [0.29, 0.717) is 12.1 Å². The third-order valence-electron chi connectivity index (χ3n) is 3.96. The number of rotatable bonds is 1. The SMILES string of the molecule is Cc1cc(C#N)cc(N2CCCC3C(=O)NCC32)n1. The monoisotopic (exact) mass is 256 g/mol. The van der Waals surface area contributed by atoms with Crippen LogP contribution in [0.15, 0.2) is 12.1 Å². The summed E-state index contributed by atoms with van der Waals surface area (Å²) in [7, 11) is 0. The van der Waals surface area contributed by atoms with Gasteiger partial charge in [-0.1, -0.05) is 0 Å². The van der Waals surface area contributed by atoms with Gasteiger partial charge in [-0.15, -0.1) is 0 Å². The highest BCUT2D eigenvalue weighted by atomic mass is 16.2. The van der Waals surface area contributed by atoms with Crippen molar-refractivity contribution in [1.29, 1.82) is 5.26 Å². The summed E-state index contributed by atoms with van der Waals surface area (Å²) in [5.74, 6) is 1.05. The highest BCUT2D eigenvalue weighted by molar-refractivity contribution is 5.83. The molecule has 98 valence electrons. The number of piperidine rings is 1. The third-order valence-corrected chi connectivity index (χ3v) is 3.96. The number of carbonyl (C=O) groups is 1. The normalized spacial score (nSPS) is 25.7. The van der Waals surface area contributed by atoms with Crippen molar-refractivity contribution in [3.63, 3.8) is 0 Å². The molecule has 2 unspecified atom stereocenters. The van der Waals surface area contributed by atoms with E-state index < -0.39 is 0 Å². The molecule has 0 saturated carbocycles. The van der Waals surface area contributed by atoms with E-state index in [1.54, 1.807) is 6.07 Å². The summed E-state index contributed by atoms with van der Waals surface area (Å²) in [6.45, 7) is 3.47. The van der Waals surface area contributed by atoms with Crippen molar-refractivity contribution in [3.8, 4) is 6.07 Å². The molecule has 0 bridgehead atoms. The molecule has 3 heterocycles. The van der Waals surface area contributed by atoms with E-state index in [4.69, 9.17) is 5.26 Å². The molecule has 1 amide bonds. The lowest BCUT2D eigenvalue weighted by molar-refractivity contribution is -0.122. The van der Waals surface area contributed by atoms with Crippen molar-refractivity contribution in [2.75, 3.05) is 18.0 Å². The largest absolute Gasteiger partial charge is 0.354 e. The molecule has 0 aromatic carbocycles. The van der Waals surface area contributed by atoms with Crippen LogP contribution in [-0.4, -0.2) is 30.0 Å². The van der Waals surface area contributed by atoms with Crippen LogP contribution < -0.4 is 10.2 Å². The Labute approximate surface area is 112 Å². The molecule has 0 aliphatic carbocycles. The number of carbonyl (C=O) groups excluding carboxylic acids is 1. The summed E-state index contributed by atoms with van der Waals surface area (Å²) < 4.78 is 0. The molecule has 2 aliphatic rings. The Morgan fingerprint density at radius 1 is 1.53 bits per heavy atom. The van der Waals surface area contributed by atoms with Crippen molar-refractivity contribution in [2.24, 2.45) is 5.92 Å². The van der Waals surface area contributed by atoms with Crippen molar-refractivity contribution < 1.29 is 4.79 Å². The van der Waals surface area contributed by atoms with Gasteiger partial charge in [-0.25, -0.2) is 4.98 Å². The van der Waals surface area contributed by atoms with E-state index in [-0.39, 0.29) is 17.9 Å². The molecule has 1 N–H and O–H groups in total. The number of pyridine rings is 1. The Balaban J connectivity index is 1.95. The number of anilines is 1. The molecule has 5 nitrogen and oxygen atoms in total. The summed E-state index contributed by atoms with van der Waals surface area (Å²) in [4.78, 5) is 18.5. The zero-order valence-corrected chi connectivity index (χ0v) is 10.9. The zero-order chi connectivity index (χ0) is 13.4.